The number of epoxide rings is 1. The van der Waals surface area contributed by atoms with Gasteiger partial charge in [0, 0.05) is 0 Å². The topological polar surface area (TPSA) is 38.8 Å². The zero-order valence-electron chi connectivity index (χ0n) is 10.3. The van der Waals surface area contributed by atoms with Crippen molar-refractivity contribution in [2.24, 2.45) is 17.8 Å². The lowest BCUT2D eigenvalue weighted by molar-refractivity contribution is -0.148. The molecule has 0 bridgehead atoms. The smallest absolute Gasteiger partial charge is 0.341 e. The Labute approximate surface area is 96.5 Å². The predicted molar refractivity (Wildman–Crippen MR) is 58.8 cm³/mol. The minimum absolute atomic E-state index is 0.156. The third kappa shape index (κ3) is 1.01. The summed E-state index contributed by atoms with van der Waals surface area (Å²) < 4.78 is 11.0. The summed E-state index contributed by atoms with van der Waals surface area (Å²) in [5.74, 6) is 1.50. The van der Waals surface area contributed by atoms with Crippen molar-refractivity contribution in [3.8, 4) is 0 Å². The van der Waals surface area contributed by atoms with Crippen LogP contribution in [-0.4, -0.2) is 24.3 Å². The highest BCUT2D eigenvalue weighted by molar-refractivity contribution is 5.85. The molecule has 2 saturated carbocycles. The van der Waals surface area contributed by atoms with E-state index in [0.29, 0.717) is 5.92 Å². The molecule has 1 saturated heterocycles. The van der Waals surface area contributed by atoms with E-state index in [4.69, 9.17) is 9.47 Å². The number of hydrogen-bond acceptors (Lipinski definition) is 3. The van der Waals surface area contributed by atoms with Crippen molar-refractivity contribution in [1.82, 2.24) is 0 Å². The number of rotatable bonds is 2. The minimum atomic E-state index is -0.623. The molecule has 0 radical (unpaired) electrons. The fourth-order valence-electron chi connectivity index (χ4n) is 4.01. The van der Waals surface area contributed by atoms with Gasteiger partial charge < -0.3 is 9.47 Å². The summed E-state index contributed by atoms with van der Waals surface area (Å²) >= 11 is 0. The summed E-state index contributed by atoms with van der Waals surface area (Å²) in [6.45, 7) is 4.13. The van der Waals surface area contributed by atoms with Crippen molar-refractivity contribution in [1.29, 1.82) is 0 Å². The number of esters is 1. The normalized spacial score (nSPS) is 49.0. The Morgan fingerprint density at radius 1 is 1.50 bits per heavy atom. The summed E-state index contributed by atoms with van der Waals surface area (Å²) in [7, 11) is 1.47. The highest BCUT2D eigenvalue weighted by Crippen LogP contribution is 2.71. The van der Waals surface area contributed by atoms with E-state index in [1.807, 2.05) is 0 Å². The summed E-state index contributed by atoms with van der Waals surface area (Å²) in [4.78, 5) is 12.0. The van der Waals surface area contributed by atoms with Crippen molar-refractivity contribution in [2.75, 3.05) is 7.11 Å². The molecule has 0 aromatic rings. The molecule has 1 aliphatic heterocycles. The maximum Gasteiger partial charge on any atom is 0.341 e. The van der Waals surface area contributed by atoms with Crippen molar-refractivity contribution >= 4 is 5.97 Å². The number of carbonyl (C=O) groups is 1. The van der Waals surface area contributed by atoms with Crippen molar-refractivity contribution in [3.05, 3.63) is 0 Å². The Morgan fingerprint density at radius 2 is 2.25 bits per heavy atom. The second kappa shape index (κ2) is 3.00. The van der Waals surface area contributed by atoms with Crippen LogP contribution < -0.4 is 0 Å². The maximum absolute atomic E-state index is 12.0. The van der Waals surface area contributed by atoms with Crippen LogP contribution in [0.25, 0.3) is 0 Å². The zero-order valence-corrected chi connectivity index (χ0v) is 10.3. The van der Waals surface area contributed by atoms with Crippen molar-refractivity contribution in [2.45, 2.75) is 50.7 Å². The quantitative estimate of drug-likeness (QED) is 0.533. The average Bonchev–Trinajstić information content (AvgIpc) is 3.12. The lowest BCUT2D eigenvalue weighted by Crippen LogP contribution is -2.42. The molecule has 4 unspecified atom stereocenters. The third-order valence-corrected chi connectivity index (χ3v) is 4.88. The van der Waals surface area contributed by atoms with E-state index in [9.17, 15) is 4.79 Å². The van der Waals surface area contributed by atoms with Crippen LogP contribution in [-0.2, 0) is 14.3 Å². The first-order valence-corrected chi connectivity index (χ1v) is 6.37. The van der Waals surface area contributed by atoms with Crippen molar-refractivity contribution in [3.63, 3.8) is 0 Å². The molecule has 1 spiro atoms. The molecule has 0 aromatic heterocycles. The van der Waals surface area contributed by atoms with E-state index in [1.165, 1.54) is 26.4 Å². The Hall–Kier alpha value is -0.570. The van der Waals surface area contributed by atoms with Crippen LogP contribution in [0.2, 0.25) is 0 Å². The Morgan fingerprint density at radius 3 is 2.88 bits per heavy atom. The van der Waals surface area contributed by atoms with E-state index in [2.05, 4.69) is 13.8 Å². The highest BCUT2D eigenvalue weighted by Gasteiger charge is 2.82. The first kappa shape index (κ1) is 10.6. The van der Waals surface area contributed by atoms with Gasteiger partial charge in [-0.25, -0.2) is 4.79 Å². The SMILES string of the molecule is COC(=O)C1(C(C)C)OC12CCCC1CC12. The second-order valence-electron chi connectivity index (χ2n) is 5.87. The molecular formula is C13H20O3. The van der Waals surface area contributed by atoms with Crippen LogP contribution >= 0.6 is 0 Å². The Kier molecular flexibility index (Phi) is 1.99. The molecule has 16 heavy (non-hydrogen) atoms. The van der Waals surface area contributed by atoms with Gasteiger partial charge in [-0.05, 0) is 37.0 Å². The number of fused-ring (bicyclic) bond motifs is 2. The fraction of sp³-hybridized carbons (Fsp3) is 0.923. The summed E-state index contributed by atoms with van der Waals surface area (Å²) in [5, 5.41) is 0. The number of hydrogen-bond donors (Lipinski definition) is 0. The molecule has 4 atom stereocenters. The second-order valence-corrected chi connectivity index (χ2v) is 5.87. The molecule has 0 amide bonds. The van der Waals surface area contributed by atoms with Gasteiger partial charge in [0.1, 0.15) is 5.60 Å². The maximum atomic E-state index is 12.0. The molecular weight excluding hydrogens is 204 g/mol. The van der Waals surface area contributed by atoms with Crippen LogP contribution in [0.15, 0.2) is 0 Å². The molecule has 3 nitrogen and oxygen atoms in total. The van der Waals surface area contributed by atoms with Gasteiger partial charge in [-0.1, -0.05) is 20.3 Å². The van der Waals surface area contributed by atoms with Crippen molar-refractivity contribution < 1.29 is 14.3 Å². The number of methoxy groups -OCH3 is 1. The van der Waals surface area contributed by atoms with E-state index < -0.39 is 5.60 Å². The van der Waals surface area contributed by atoms with Gasteiger partial charge in [0.05, 0.1) is 7.11 Å². The Bertz CT molecular complexity index is 338. The molecule has 3 aliphatic rings. The van der Waals surface area contributed by atoms with Gasteiger partial charge >= 0.3 is 5.97 Å². The van der Waals surface area contributed by atoms with E-state index in [1.54, 1.807) is 0 Å². The summed E-state index contributed by atoms with van der Waals surface area (Å²) in [6, 6.07) is 0. The van der Waals surface area contributed by atoms with Gasteiger partial charge in [0.15, 0.2) is 5.60 Å². The largest absolute Gasteiger partial charge is 0.467 e. The van der Waals surface area contributed by atoms with Crippen LogP contribution in [0.1, 0.15) is 39.5 Å². The first-order chi connectivity index (χ1) is 7.58. The summed E-state index contributed by atoms with van der Waals surface area (Å²) in [6.07, 6.45) is 4.82. The van der Waals surface area contributed by atoms with Gasteiger partial charge in [0.2, 0.25) is 0 Å². The van der Waals surface area contributed by atoms with Crippen LogP contribution in [0, 0.1) is 17.8 Å². The zero-order chi connectivity index (χ0) is 11.6. The number of carbonyl (C=O) groups excluding carboxylic acids is 1. The monoisotopic (exact) mass is 224 g/mol. The predicted octanol–water partition coefficient (Wildman–Crippen LogP) is 2.14. The Balaban J connectivity index is 1.91. The lowest BCUT2D eigenvalue weighted by Gasteiger charge is -2.24. The fourth-order valence-corrected chi connectivity index (χ4v) is 4.01. The van der Waals surface area contributed by atoms with Crippen LogP contribution in [0.5, 0.6) is 0 Å². The molecule has 2 aliphatic carbocycles. The van der Waals surface area contributed by atoms with Gasteiger partial charge in [-0.2, -0.15) is 0 Å². The summed E-state index contributed by atoms with van der Waals surface area (Å²) in [5.41, 5.74) is -0.779. The minimum Gasteiger partial charge on any atom is -0.467 e. The van der Waals surface area contributed by atoms with Gasteiger partial charge in [0.25, 0.3) is 0 Å². The first-order valence-electron chi connectivity index (χ1n) is 6.37. The molecule has 1 heterocycles. The molecule has 3 heteroatoms. The van der Waals surface area contributed by atoms with Crippen LogP contribution in [0.3, 0.4) is 0 Å². The highest BCUT2D eigenvalue weighted by atomic mass is 16.7. The lowest BCUT2D eigenvalue weighted by atomic mass is 9.74. The van der Waals surface area contributed by atoms with E-state index >= 15 is 0 Å². The molecule has 0 N–H and O–H groups in total. The standard InChI is InChI=1S/C13H20O3/c1-8(2)13(11(14)15-3)12(16-13)6-4-5-9-7-10(9)12/h8-10H,4-7H2,1-3H3. The van der Waals surface area contributed by atoms with Gasteiger partial charge in [-0.3, -0.25) is 0 Å². The molecule has 90 valence electrons. The molecule has 3 fully saturated rings. The molecule has 3 rings (SSSR count). The number of ether oxygens (including phenoxy) is 2. The van der Waals surface area contributed by atoms with E-state index in [-0.39, 0.29) is 17.5 Å². The van der Waals surface area contributed by atoms with Gasteiger partial charge in [-0.15, -0.1) is 0 Å². The third-order valence-electron chi connectivity index (χ3n) is 4.88. The van der Waals surface area contributed by atoms with E-state index in [0.717, 1.165) is 12.3 Å². The van der Waals surface area contributed by atoms with Crippen LogP contribution in [0.4, 0.5) is 0 Å². The molecule has 0 aromatic carbocycles. The average molecular weight is 224 g/mol.